The lowest BCUT2D eigenvalue weighted by Crippen LogP contribution is -2.38. The van der Waals surface area contributed by atoms with Gasteiger partial charge in [0.05, 0.1) is 23.0 Å². The summed E-state index contributed by atoms with van der Waals surface area (Å²) < 4.78 is 16.0. The van der Waals surface area contributed by atoms with Crippen molar-refractivity contribution in [2.24, 2.45) is 4.99 Å². The van der Waals surface area contributed by atoms with Gasteiger partial charge in [0.2, 0.25) is 0 Å². The Labute approximate surface area is 255 Å². The van der Waals surface area contributed by atoms with Crippen LogP contribution in [0, 0.1) is 5.82 Å². The van der Waals surface area contributed by atoms with Crippen LogP contribution in [-0.4, -0.2) is 49.6 Å². The van der Waals surface area contributed by atoms with Gasteiger partial charge in [-0.25, -0.2) is 14.2 Å². The molecule has 10 heteroatoms. The Morgan fingerprint density at radius 1 is 1.09 bits per heavy atom. The number of aromatic nitrogens is 4. The number of fused-ring (bicyclic) bond motifs is 1. The number of carbonyl (C=O) groups is 1. The zero-order valence-electron chi connectivity index (χ0n) is 24.8. The molecule has 1 aliphatic heterocycles. The molecule has 228 valence electrons. The molecule has 0 aliphatic carbocycles. The summed E-state index contributed by atoms with van der Waals surface area (Å²) in [5, 5.41) is 0.384. The highest BCUT2D eigenvalue weighted by Crippen LogP contribution is 2.27. The van der Waals surface area contributed by atoms with E-state index in [9.17, 15) is 18.8 Å². The van der Waals surface area contributed by atoms with Crippen LogP contribution in [0.15, 0.2) is 120 Å². The van der Waals surface area contributed by atoms with Gasteiger partial charge in [0, 0.05) is 43.8 Å². The van der Waals surface area contributed by atoms with E-state index in [1.54, 1.807) is 66.0 Å². The Bertz CT molecular complexity index is 1730. The van der Waals surface area contributed by atoms with Crippen molar-refractivity contribution in [1.29, 1.82) is 0 Å². The third kappa shape index (κ3) is 8.81. The molecule has 5 rings (SSSR count). The fourth-order valence-corrected chi connectivity index (χ4v) is 4.71. The quantitative estimate of drug-likeness (QED) is 0.209. The van der Waals surface area contributed by atoms with E-state index in [4.69, 9.17) is 0 Å². The maximum Gasteiger partial charge on any atom is 0.329 e. The Morgan fingerprint density at radius 2 is 1.80 bits per heavy atom. The summed E-state index contributed by atoms with van der Waals surface area (Å²) >= 11 is 0. The molecule has 0 spiro atoms. The van der Waals surface area contributed by atoms with Gasteiger partial charge in [-0.2, -0.15) is 0 Å². The molecule has 1 aliphatic rings. The molecule has 0 atom stereocenters. The molecule has 2 aromatic heterocycles. The molecule has 0 radical (unpaired) electrons. The minimum Gasteiger partial charge on any atom is -0.348 e. The lowest BCUT2D eigenvalue weighted by molar-refractivity contribution is 0.0706. The Hall–Kier alpha value is -5.38. The number of nitrogens with zero attached hydrogens (tertiary/aromatic N) is 4. The Kier molecular flexibility index (Phi) is 12.7. The van der Waals surface area contributed by atoms with Crippen molar-refractivity contribution in [3.8, 4) is 0 Å². The van der Waals surface area contributed by atoms with E-state index in [1.807, 2.05) is 19.1 Å². The van der Waals surface area contributed by atoms with E-state index >= 15 is 0 Å². The lowest BCUT2D eigenvalue weighted by Gasteiger charge is -2.31. The average Bonchev–Trinajstić information content (AvgIpc) is 3.59. The molecule has 44 heavy (non-hydrogen) atoms. The molecule has 9 nitrogen and oxygen atoms in total. The highest BCUT2D eigenvalue weighted by molar-refractivity contribution is 5.94. The number of piperidine rings is 1. The van der Waals surface area contributed by atoms with Crippen LogP contribution >= 0.6 is 0 Å². The van der Waals surface area contributed by atoms with Crippen LogP contribution in [0.5, 0.6) is 0 Å². The summed E-state index contributed by atoms with van der Waals surface area (Å²) in [4.78, 5) is 52.6. The number of likely N-dealkylation sites (tertiary alicyclic amines) is 1. The minimum atomic E-state index is -0.601. The smallest absolute Gasteiger partial charge is 0.329 e. The molecule has 0 unspecified atom stereocenters. The number of aliphatic imine (C=N–C) groups is 1. The summed E-state index contributed by atoms with van der Waals surface area (Å²) in [5.74, 6) is 0.191. The van der Waals surface area contributed by atoms with Gasteiger partial charge >= 0.3 is 5.69 Å². The minimum absolute atomic E-state index is 0.0225. The molecule has 2 aromatic carbocycles. The van der Waals surface area contributed by atoms with Gasteiger partial charge in [-0.1, -0.05) is 62.2 Å². The summed E-state index contributed by atoms with van der Waals surface area (Å²) in [5.41, 5.74) is 0.0226. The summed E-state index contributed by atoms with van der Waals surface area (Å²) in [6, 6.07) is 11.1. The van der Waals surface area contributed by atoms with Crippen molar-refractivity contribution >= 4 is 23.0 Å². The van der Waals surface area contributed by atoms with Crippen molar-refractivity contribution < 1.29 is 9.18 Å². The second-order valence-corrected chi connectivity index (χ2v) is 9.66. The standard InChI is InChI=1S/C24H22FN5O3.C6H8.C4H7N/c25-19-6-5-15(14-30-20-4-2-1-3-17(20)22(31)28-24(30)33)13-18(19)23(32)29-11-7-16(8-12-29)21-26-9-10-27-21;1-3-5-6-4-2;1-3-5-4-2/h1-6,9-10,13,16H,7-8,11-12,14H2,(H,26,27)(H,28,31,33);3-6H,1-2H2;3-4H,1H2,2H3/b;6-5-;. The van der Waals surface area contributed by atoms with Gasteiger partial charge in [-0.3, -0.25) is 24.1 Å². The number of halogens is 1. The van der Waals surface area contributed by atoms with Crippen LogP contribution in [-0.2, 0) is 6.54 Å². The number of allylic oxidation sites excluding steroid dienone is 4. The molecule has 1 amide bonds. The maximum atomic E-state index is 14.6. The van der Waals surface area contributed by atoms with Gasteiger partial charge in [-0.15, -0.1) is 0 Å². The van der Waals surface area contributed by atoms with Gasteiger partial charge in [-0.05, 0) is 49.6 Å². The SMILES string of the molecule is C=C/C=C\C=C.C=CN=CC.O=C(c1cc(Cn2c(=O)[nH]c(=O)c3ccccc32)ccc1F)N1CCC(c2ncc[nH]2)CC1. The number of para-hydroxylation sites is 1. The molecular formula is C34H37FN6O3. The summed E-state index contributed by atoms with van der Waals surface area (Å²) in [6.45, 7) is 13.2. The fraction of sp³-hybridized carbons (Fsp3) is 0.206. The second-order valence-electron chi connectivity index (χ2n) is 9.66. The van der Waals surface area contributed by atoms with Crippen LogP contribution in [0.4, 0.5) is 4.39 Å². The number of benzene rings is 2. The number of hydrogen-bond acceptors (Lipinski definition) is 5. The molecule has 4 aromatic rings. The first-order valence-corrected chi connectivity index (χ1v) is 14.1. The van der Waals surface area contributed by atoms with E-state index in [1.165, 1.54) is 22.9 Å². The fourth-order valence-electron chi connectivity index (χ4n) is 4.71. The first-order valence-electron chi connectivity index (χ1n) is 14.1. The molecule has 2 N–H and O–H groups in total. The monoisotopic (exact) mass is 596 g/mol. The van der Waals surface area contributed by atoms with Gasteiger partial charge in [0.25, 0.3) is 11.5 Å². The number of nitrogens with one attached hydrogen (secondary N) is 2. The van der Waals surface area contributed by atoms with E-state index in [2.05, 4.69) is 39.7 Å². The third-order valence-electron chi connectivity index (χ3n) is 6.83. The van der Waals surface area contributed by atoms with E-state index in [0.717, 1.165) is 18.7 Å². The number of rotatable bonds is 7. The van der Waals surface area contributed by atoms with Crippen LogP contribution in [0.25, 0.3) is 10.9 Å². The number of aromatic amines is 2. The topological polar surface area (TPSA) is 116 Å². The van der Waals surface area contributed by atoms with Crippen molar-refractivity contribution in [3.05, 3.63) is 149 Å². The summed E-state index contributed by atoms with van der Waals surface area (Å²) in [6.07, 6.45) is 15.3. The number of H-pyrrole nitrogens is 2. The van der Waals surface area contributed by atoms with Crippen LogP contribution in [0.3, 0.4) is 0 Å². The first kappa shape index (κ1) is 33.1. The van der Waals surface area contributed by atoms with Gasteiger partial charge in [0.1, 0.15) is 11.6 Å². The number of hydrogen-bond donors (Lipinski definition) is 2. The van der Waals surface area contributed by atoms with Crippen molar-refractivity contribution in [2.45, 2.75) is 32.2 Å². The molecule has 0 bridgehead atoms. The average molecular weight is 597 g/mol. The van der Waals surface area contributed by atoms with Crippen LogP contribution in [0.1, 0.15) is 47.4 Å². The maximum absolute atomic E-state index is 14.6. The predicted molar refractivity (Wildman–Crippen MR) is 175 cm³/mol. The predicted octanol–water partition coefficient (Wildman–Crippen LogP) is 5.76. The lowest BCUT2D eigenvalue weighted by atomic mass is 9.95. The largest absolute Gasteiger partial charge is 0.348 e. The first-order chi connectivity index (χ1) is 21.3. The van der Waals surface area contributed by atoms with Crippen molar-refractivity contribution in [1.82, 2.24) is 24.4 Å². The number of carbonyl (C=O) groups excluding carboxylic acids is 1. The van der Waals surface area contributed by atoms with Gasteiger partial charge in [0.15, 0.2) is 0 Å². The molecular weight excluding hydrogens is 559 g/mol. The third-order valence-corrected chi connectivity index (χ3v) is 6.83. The zero-order chi connectivity index (χ0) is 31.9. The van der Waals surface area contributed by atoms with E-state index < -0.39 is 17.1 Å². The van der Waals surface area contributed by atoms with Crippen molar-refractivity contribution in [3.63, 3.8) is 0 Å². The number of imidazole rings is 1. The van der Waals surface area contributed by atoms with E-state index in [0.29, 0.717) is 29.6 Å². The highest BCUT2D eigenvalue weighted by atomic mass is 19.1. The summed E-state index contributed by atoms with van der Waals surface area (Å²) in [7, 11) is 0. The molecule has 1 fully saturated rings. The Morgan fingerprint density at radius 3 is 2.39 bits per heavy atom. The highest BCUT2D eigenvalue weighted by Gasteiger charge is 2.27. The number of amides is 1. The van der Waals surface area contributed by atoms with E-state index in [-0.39, 0.29) is 23.9 Å². The zero-order valence-corrected chi connectivity index (χ0v) is 24.8. The Balaban J connectivity index is 0.000000414. The van der Waals surface area contributed by atoms with Gasteiger partial charge < -0.3 is 9.88 Å². The van der Waals surface area contributed by atoms with Crippen LogP contribution in [0.2, 0.25) is 0 Å². The molecule has 0 saturated carbocycles. The van der Waals surface area contributed by atoms with Crippen LogP contribution < -0.4 is 11.2 Å². The normalized spacial score (nSPS) is 13.2. The van der Waals surface area contributed by atoms with Crippen molar-refractivity contribution in [2.75, 3.05) is 13.1 Å². The second kappa shape index (κ2) is 16.9. The molecule has 1 saturated heterocycles. The molecule has 3 heterocycles.